The molecule has 0 saturated heterocycles. The number of allylic oxidation sites excluding steroid dienone is 2. The molecule has 0 amide bonds. The van der Waals surface area contributed by atoms with Crippen molar-refractivity contribution in [2.24, 2.45) is 0 Å². The molecular weight excluding hydrogens is 413 g/mol. The maximum absolute atomic E-state index is 13.6. The molecule has 0 saturated carbocycles. The van der Waals surface area contributed by atoms with E-state index in [1.165, 1.54) is 12.1 Å². The Balaban J connectivity index is 1.78. The van der Waals surface area contributed by atoms with Gasteiger partial charge in [0.05, 0.1) is 12.0 Å². The van der Waals surface area contributed by atoms with E-state index in [9.17, 15) is 14.0 Å². The predicted octanol–water partition coefficient (Wildman–Crippen LogP) is 5.90. The van der Waals surface area contributed by atoms with Gasteiger partial charge in [-0.3, -0.25) is 9.59 Å². The molecule has 1 aliphatic rings. The van der Waals surface area contributed by atoms with E-state index in [2.05, 4.69) is 4.98 Å². The molecule has 0 atom stereocenters. The summed E-state index contributed by atoms with van der Waals surface area (Å²) in [5.74, 6) is -0.224. The molecule has 0 aliphatic heterocycles. The molecule has 3 aromatic carbocycles. The molecule has 31 heavy (non-hydrogen) atoms. The summed E-state index contributed by atoms with van der Waals surface area (Å²) in [4.78, 5) is 31.3. The van der Waals surface area contributed by atoms with Crippen molar-refractivity contribution in [1.82, 2.24) is 4.98 Å². The smallest absolute Gasteiger partial charge is 0.201 e. The average Bonchev–Trinajstić information content (AvgIpc) is 3.23. The van der Waals surface area contributed by atoms with Crippen molar-refractivity contribution in [2.75, 3.05) is 7.11 Å². The molecule has 0 spiro atoms. The number of thioether (sulfide) groups is 1. The lowest BCUT2D eigenvalue weighted by atomic mass is 9.86. The molecule has 1 aliphatic carbocycles. The van der Waals surface area contributed by atoms with Crippen molar-refractivity contribution in [3.8, 4) is 5.75 Å². The van der Waals surface area contributed by atoms with E-state index in [1.54, 1.807) is 49.7 Å². The largest absolute Gasteiger partial charge is 0.496 e. The Morgan fingerprint density at radius 3 is 2.26 bits per heavy atom. The fraction of sp³-hybridized carbons (Fsp3) is 0.0400. The number of hydrogen-bond donors (Lipinski definition) is 1. The third kappa shape index (κ3) is 3.16. The number of rotatable bonds is 4. The molecular formula is C25H16FNO3S. The lowest BCUT2D eigenvalue weighted by Crippen LogP contribution is -2.20. The fourth-order valence-corrected chi connectivity index (χ4v) is 4.85. The van der Waals surface area contributed by atoms with Gasteiger partial charge in [0.2, 0.25) is 5.78 Å². The fourth-order valence-electron chi connectivity index (χ4n) is 3.83. The number of carbonyl (C=O) groups is 2. The van der Waals surface area contributed by atoms with E-state index >= 15 is 0 Å². The van der Waals surface area contributed by atoms with Crippen molar-refractivity contribution in [1.29, 1.82) is 0 Å². The van der Waals surface area contributed by atoms with E-state index in [0.29, 0.717) is 37.8 Å². The second-order valence-electron chi connectivity index (χ2n) is 7.05. The molecule has 1 aromatic heterocycles. The molecule has 0 unspecified atom stereocenters. The molecule has 6 heteroatoms. The topological polar surface area (TPSA) is 59.2 Å². The van der Waals surface area contributed by atoms with E-state index < -0.39 is 0 Å². The van der Waals surface area contributed by atoms with Gasteiger partial charge in [-0.25, -0.2) is 4.39 Å². The third-order valence-corrected chi connectivity index (χ3v) is 6.37. The highest BCUT2D eigenvalue weighted by atomic mass is 32.2. The predicted molar refractivity (Wildman–Crippen MR) is 119 cm³/mol. The number of benzene rings is 3. The number of fused-ring (bicyclic) bond motifs is 2. The zero-order valence-electron chi connectivity index (χ0n) is 16.4. The number of ketones is 2. The van der Waals surface area contributed by atoms with Gasteiger partial charge in [-0.1, -0.05) is 42.1 Å². The first-order chi connectivity index (χ1) is 15.1. The van der Waals surface area contributed by atoms with Crippen LogP contribution >= 0.6 is 11.8 Å². The number of methoxy groups -OCH3 is 1. The Hall–Kier alpha value is -3.64. The summed E-state index contributed by atoms with van der Waals surface area (Å²) in [5, 5.41) is 0.734. The Morgan fingerprint density at radius 1 is 0.839 bits per heavy atom. The van der Waals surface area contributed by atoms with Crippen LogP contribution in [-0.2, 0) is 0 Å². The number of halogens is 1. The quantitative estimate of drug-likeness (QED) is 0.439. The zero-order chi connectivity index (χ0) is 21.5. The monoisotopic (exact) mass is 429 g/mol. The lowest BCUT2D eigenvalue weighted by molar-refractivity contribution is 0.0998. The van der Waals surface area contributed by atoms with E-state index in [1.807, 2.05) is 18.2 Å². The van der Waals surface area contributed by atoms with Gasteiger partial charge < -0.3 is 9.72 Å². The zero-order valence-corrected chi connectivity index (χ0v) is 17.3. The van der Waals surface area contributed by atoms with Gasteiger partial charge in [-0.05, 0) is 36.4 Å². The maximum atomic E-state index is 13.6. The molecule has 0 radical (unpaired) electrons. The van der Waals surface area contributed by atoms with Crippen LogP contribution < -0.4 is 4.74 Å². The van der Waals surface area contributed by atoms with Crippen LogP contribution in [-0.4, -0.2) is 23.7 Å². The van der Waals surface area contributed by atoms with Crippen molar-refractivity contribution in [2.45, 2.75) is 4.90 Å². The van der Waals surface area contributed by atoms with Gasteiger partial charge >= 0.3 is 0 Å². The van der Waals surface area contributed by atoms with Crippen LogP contribution in [0.15, 0.2) is 82.7 Å². The normalized spacial score (nSPS) is 13.6. The summed E-state index contributed by atoms with van der Waals surface area (Å²) in [6.45, 7) is 0. The second kappa shape index (κ2) is 7.56. The van der Waals surface area contributed by atoms with Gasteiger partial charge in [0.25, 0.3) is 0 Å². The van der Waals surface area contributed by atoms with E-state index in [0.717, 1.165) is 22.7 Å². The first-order valence-electron chi connectivity index (χ1n) is 9.59. The highest BCUT2D eigenvalue weighted by molar-refractivity contribution is 8.04. The molecule has 152 valence electrons. The van der Waals surface area contributed by atoms with Crippen LogP contribution in [0.3, 0.4) is 0 Å². The summed E-state index contributed by atoms with van der Waals surface area (Å²) >= 11 is 1.16. The number of carbonyl (C=O) groups excluding carboxylic acids is 2. The van der Waals surface area contributed by atoms with E-state index in [-0.39, 0.29) is 17.4 Å². The minimum atomic E-state index is -0.365. The summed E-state index contributed by atoms with van der Waals surface area (Å²) in [7, 11) is 1.57. The van der Waals surface area contributed by atoms with Crippen molar-refractivity contribution in [3.05, 3.63) is 100 Å². The van der Waals surface area contributed by atoms with Crippen molar-refractivity contribution < 1.29 is 18.7 Å². The highest BCUT2D eigenvalue weighted by Gasteiger charge is 2.34. The minimum absolute atomic E-state index is 0.230. The minimum Gasteiger partial charge on any atom is -0.496 e. The van der Waals surface area contributed by atoms with Gasteiger partial charge in [0, 0.05) is 44.3 Å². The van der Waals surface area contributed by atoms with Crippen LogP contribution in [0.5, 0.6) is 5.75 Å². The number of aromatic amines is 1. The number of nitrogens with one attached hydrogen (secondary N) is 1. The molecule has 5 rings (SSSR count). The Labute approximate surface area is 181 Å². The third-order valence-electron chi connectivity index (χ3n) is 5.27. The summed E-state index contributed by atoms with van der Waals surface area (Å²) in [6.07, 6.45) is 1.73. The molecule has 0 bridgehead atoms. The van der Waals surface area contributed by atoms with Crippen LogP contribution in [0, 0.1) is 5.82 Å². The molecule has 0 fully saturated rings. The first kappa shape index (κ1) is 19.3. The highest BCUT2D eigenvalue weighted by Crippen LogP contribution is 2.44. The first-order valence-corrected chi connectivity index (χ1v) is 10.4. The molecule has 4 nitrogen and oxygen atoms in total. The number of aromatic nitrogens is 1. The Bertz CT molecular complexity index is 1390. The van der Waals surface area contributed by atoms with Crippen molar-refractivity contribution >= 4 is 39.8 Å². The maximum Gasteiger partial charge on any atom is 0.201 e. The number of Topliss-reactive ketones (excluding diaryl/α,β-unsaturated/α-hetero) is 2. The molecule has 4 aromatic rings. The summed E-state index contributed by atoms with van der Waals surface area (Å²) < 4.78 is 18.9. The molecule has 1 N–H and O–H groups in total. The number of hydrogen-bond acceptors (Lipinski definition) is 4. The van der Waals surface area contributed by atoms with Crippen LogP contribution in [0.1, 0.15) is 26.3 Å². The second-order valence-corrected chi connectivity index (χ2v) is 8.13. The van der Waals surface area contributed by atoms with E-state index in [4.69, 9.17) is 4.74 Å². The number of ether oxygens (including phenoxy) is 1. The standard InChI is InChI=1S/C25H16FNO3S/c1-30-20-8-4-7-19-21(20)18(13-27-19)22-23(28)16-5-2-3-6-17(16)24(29)25(22)31-15-11-9-14(26)10-12-15/h2-13,27H,1H3. The van der Waals surface area contributed by atoms with Crippen molar-refractivity contribution in [3.63, 3.8) is 0 Å². The lowest BCUT2D eigenvalue weighted by Gasteiger charge is -2.21. The van der Waals surface area contributed by atoms with Gasteiger partial charge in [-0.15, -0.1) is 0 Å². The average molecular weight is 429 g/mol. The van der Waals surface area contributed by atoms with Crippen LogP contribution in [0.25, 0.3) is 16.5 Å². The summed E-state index contributed by atoms with van der Waals surface area (Å²) in [6, 6.07) is 18.2. The van der Waals surface area contributed by atoms with Crippen LogP contribution in [0.4, 0.5) is 4.39 Å². The molecule has 1 heterocycles. The van der Waals surface area contributed by atoms with Gasteiger partial charge in [0.15, 0.2) is 5.78 Å². The van der Waals surface area contributed by atoms with Gasteiger partial charge in [0.1, 0.15) is 11.6 Å². The van der Waals surface area contributed by atoms with Gasteiger partial charge in [-0.2, -0.15) is 0 Å². The Morgan fingerprint density at radius 2 is 1.55 bits per heavy atom. The van der Waals surface area contributed by atoms with Crippen LogP contribution in [0.2, 0.25) is 0 Å². The Kier molecular flexibility index (Phi) is 4.71. The SMILES string of the molecule is COc1cccc2[nH]cc(C3=C(Sc4ccc(F)cc4)C(=O)c4ccccc4C3=O)c12. The summed E-state index contributed by atoms with van der Waals surface area (Å²) in [5.41, 5.74) is 2.45. The number of H-pyrrole nitrogens is 1.